The molecule has 2 aromatic heterocycles. The molecule has 0 saturated carbocycles. The van der Waals surface area contributed by atoms with Gasteiger partial charge in [-0.05, 0) is 80.4 Å². The number of aromatic nitrogens is 2. The predicted molar refractivity (Wildman–Crippen MR) is 141 cm³/mol. The summed E-state index contributed by atoms with van der Waals surface area (Å²) in [7, 11) is 2.11. The standard InChI is InChI=1S/C29H27F5N4O3/c1-36-7-5-21(6-8-36)38-14-20(13-35-38)17-2-3-22-23(15-40-24(22)11-17)19-10-18-4-9-37(16-29(32,33)34)27(39)26(18)25(12-19)41-28(30)31/h2-3,10-15,21,28H,4-9,16H2,1H3. The zero-order valence-electron chi connectivity index (χ0n) is 22.1. The fourth-order valence-electron chi connectivity index (χ4n) is 5.72. The van der Waals surface area contributed by atoms with Crippen LogP contribution in [0.1, 0.15) is 34.8 Å². The molecule has 4 aromatic rings. The van der Waals surface area contributed by atoms with E-state index in [0.717, 1.165) is 37.1 Å². The van der Waals surface area contributed by atoms with Gasteiger partial charge in [0.15, 0.2) is 0 Å². The fraction of sp³-hybridized carbons (Fsp3) is 0.379. The van der Waals surface area contributed by atoms with Gasteiger partial charge in [0.25, 0.3) is 5.91 Å². The molecule has 7 nitrogen and oxygen atoms in total. The average Bonchev–Trinajstić information content (AvgIpc) is 3.57. The summed E-state index contributed by atoms with van der Waals surface area (Å²) in [6.07, 6.45) is 2.84. The van der Waals surface area contributed by atoms with E-state index in [1.165, 1.54) is 12.3 Å². The van der Waals surface area contributed by atoms with Crippen LogP contribution in [-0.4, -0.2) is 71.5 Å². The number of carbonyl (C=O) groups excluding carboxylic acids is 1. The monoisotopic (exact) mass is 574 g/mol. The van der Waals surface area contributed by atoms with Gasteiger partial charge in [-0.25, -0.2) is 0 Å². The van der Waals surface area contributed by atoms with E-state index in [0.29, 0.717) is 38.6 Å². The molecule has 2 aromatic carbocycles. The maximum absolute atomic E-state index is 13.3. The van der Waals surface area contributed by atoms with Crippen LogP contribution in [0.4, 0.5) is 22.0 Å². The van der Waals surface area contributed by atoms with Gasteiger partial charge >= 0.3 is 12.8 Å². The van der Waals surface area contributed by atoms with Gasteiger partial charge < -0.3 is 19.0 Å². The number of likely N-dealkylation sites (tertiary alicyclic amines) is 1. The van der Waals surface area contributed by atoms with E-state index in [4.69, 9.17) is 4.42 Å². The molecule has 1 saturated heterocycles. The zero-order chi connectivity index (χ0) is 28.9. The summed E-state index contributed by atoms with van der Waals surface area (Å²) >= 11 is 0. The lowest BCUT2D eigenvalue weighted by atomic mass is 9.92. The number of hydrogen-bond donors (Lipinski definition) is 0. The third-order valence-corrected chi connectivity index (χ3v) is 7.81. The smallest absolute Gasteiger partial charge is 0.406 e. The highest BCUT2D eigenvalue weighted by atomic mass is 19.4. The molecule has 0 spiro atoms. The highest BCUT2D eigenvalue weighted by Crippen LogP contribution is 2.39. The second-order valence-corrected chi connectivity index (χ2v) is 10.6. The van der Waals surface area contributed by atoms with Crippen molar-refractivity contribution in [3.05, 3.63) is 60.1 Å². The molecule has 0 N–H and O–H groups in total. The molecule has 0 bridgehead atoms. The first-order valence-corrected chi connectivity index (χ1v) is 13.3. The minimum atomic E-state index is -4.61. The number of halogens is 5. The summed E-state index contributed by atoms with van der Waals surface area (Å²) in [6.45, 7) is -2.88. The predicted octanol–water partition coefficient (Wildman–Crippen LogP) is 6.39. The fourth-order valence-corrected chi connectivity index (χ4v) is 5.72. The number of ether oxygens (including phenoxy) is 1. The Morgan fingerprint density at radius 3 is 2.59 bits per heavy atom. The second-order valence-electron chi connectivity index (χ2n) is 10.6. The van der Waals surface area contributed by atoms with Crippen LogP contribution in [0.25, 0.3) is 33.2 Å². The number of carbonyl (C=O) groups is 1. The second kappa shape index (κ2) is 10.5. The first-order valence-electron chi connectivity index (χ1n) is 13.3. The Morgan fingerprint density at radius 2 is 1.85 bits per heavy atom. The van der Waals surface area contributed by atoms with E-state index < -0.39 is 31.0 Å². The van der Waals surface area contributed by atoms with Crippen molar-refractivity contribution in [1.29, 1.82) is 0 Å². The van der Waals surface area contributed by atoms with Crippen molar-refractivity contribution < 1.29 is 35.9 Å². The lowest BCUT2D eigenvalue weighted by Gasteiger charge is -2.30. The summed E-state index contributed by atoms with van der Waals surface area (Å²) in [5, 5.41) is 5.29. The zero-order valence-corrected chi connectivity index (χ0v) is 22.1. The summed E-state index contributed by atoms with van der Waals surface area (Å²) in [5.74, 6) is -1.45. The third kappa shape index (κ3) is 5.52. The average molecular weight is 575 g/mol. The van der Waals surface area contributed by atoms with Crippen molar-refractivity contribution in [2.45, 2.75) is 38.1 Å². The van der Waals surface area contributed by atoms with E-state index in [-0.39, 0.29) is 18.5 Å². The first-order chi connectivity index (χ1) is 19.6. The largest absolute Gasteiger partial charge is 0.464 e. The summed E-state index contributed by atoms with van der Waals surface area (Å²) in [5.41, 5.74) is 3.51. The summed E-state index contributed by atoms with van der Waals surface area (Å²) < 4.78 is 78.0. The van der Waals surface area contributed by atoms with Crippen molar-refractivity contribution in [1.82, 2.24) is 19.6 Å². The molecule has 0 aliphatic carbocycles. The minimum Gasteiger partial charge on any atom is -0.464 e. The highest BCUT2D eigenvalue weighted by Gasteiger charge is 2.37. The molecule has 1 fully saturated rings. The Morgan fingerprint density at radius 1 is 1.07 bits per heavy atom. The Kier molecular flexibility index (Phi) is 6.96. The minimum absolute atomic E-state index is 0.0613. The van der Waals surface area contributed by atoms with Crippen LogP contribution in [0, 0.1) is 0 Å². The molecule has 2 aliphatic heterocycles. The van der Waals surface area contributed by atoms with Gasteiger partial charge in [-0.2, -0.15) is 27.1 Å². The van der Waals surface area contributed by atoms with Crippen LogP contribution >= 0.6 is 0 Å². The Bertz CT molecular complexity index is 1590. The topological polar surface area (TPSA) is 63.7 Å². The van der Waals surface area contributed by atoms with Crippen molar-refractivity contribution in [2.24, 2.45) is 0 Å². The molecule has 0 unspecified atom stereocenters. The third-order valence-electron chi connectivity index (χ3n) is 7.81. The Labute approximate surface area is 232 Å². The van der Waals surface area contributed by atoms with E-state index >= 15 is 0 Å². The van der Waals surface area contributed by atoms with Gasteiger partial charge in [0.05, 0.1) is 24.1 Å². The number of hydrogen-bond acceptors (Lipinski definition) is 5. The van der Waals surface area contributed by atoms with Crippen LogP contribution in [0.3, 0.4) is 0 Å². The van der Waals surface area contributed by atoms with Crippen LogP contribution in [-0.2, 0) is 6.42 Å². The molecule has 4 heterocycles. The normalized spacial score (nSPS) is 17.0. The van der Waals surface area contributed by atoms with Gasteiger partial charge in [0.2, 0.25) is 0 Å². The van der Waals surface area contributed by atoms with Gasteiger partial charge in [0.1, 0.15) is 17.9 Å². The van der Waals surface area contributed by atoms with Crippen molar-refractivity contribution in [3.63, 3.8) is 0 Å². The molecule has 6 rings (SSSR count). The lowest BCUT2D eigenvalue weighted by Crippen LogP contribution is -2.43. The van der Waals surface area contributed by atoms with Gasteiger partial charge in [0, 0.05) is 29.3 Å². The first kappa shape index (κ1) is 27.3. The van der Waals surface area contributed by atoms with Gasteiger partial charge in [-0.3, -0.25) is 9.48 Å². The molecule has 216 valence electrons. The summed E-state index contributed by atoms with van der Waals surface area (Å²) in [6, 6.07) is 8.89. The van der Waals surface area contributed by atoms with Gasteiger partial charge in [-0.15, -0.1) is 0 Å². The number of furan rings is 1. The molecule has 2 aliphatic rings. The number of alkyl halides is 5. The van der Waals surface area contributed by atoms with Crippen molar-refractivity contribution in [3.8, 4) is 28.0 Å². The highest BCUT2D eigenvalue weighted by molar-refractivity contribution is 6.02. The molecule has 12 heteroatoms. The van der Waals surface area contributed by atoms with Crippen LogP contribution in [0.15, 0.2) is 53.4 Å². The lowest BCUT2D eigenvalue weighted by molar-refractivity contribution is -0.141. The Hall–Kier alpha value is -3.93. The number of amides is 1. The maximum atomic E-state index is 13.3. The summed E-state index contributed by atoms with van der Waals surface area (Å²) in [4.78, 5) is 15.8. The molecular formula is C29H27F5N4O3. The number of benzene rings is 2. The number of nitrogens with zero attached hydrogens (tertiary/aromatic N) is 4. The van der Waals surface area contributed by atoms with Crippen LogP contribution in [0.5, 0.6) is 5.75 Å². The van der Waals surface area contributed by atoms with E-state index in [2.05, 4.69) is 21.8 Å². The quantitative estimate of drug-likeness (QED) is 0.250. The van der Waals surface area contributed by atoms with Crippen LogP contribution < -0.4 is 4.74 Å². The molecule has 0 atom stereocenters. The molecule has 1 amide bonds. The number of fused-ring (bicyclic) bond motifs is 2. The van der Waals surface area contributed by atoms with Crippen molar-refractivity contribution >= 4 is 16.9 Å². The number of rotatable bonds is 6. The number of piperidine rings is 1. The van der Waals surface area contributed by atoms with E-state index in [1.807, 2.05) is 35.3 Å². The van der Waals surface area contributed by atoms with E-state index in [1.54, 1.807) is 6.07 Å². The molecule has 41 heavy (non-hydrogen) atoms. The van der Waals surface area contributed by atoms with Gasteiger partial charge in [-0.1, -0.05) is 6.07 Å². The Balaban J connectivity index is 1.31. The van der Waals surface area contributed by atoms with Crippen molar-refractivity contribution in [2.75, 3.05) is 33.2 Å². The SMILES string of the molecule is CN1CCC(n2cc(-c3ccc4c(-c5cc6c(c(OC(F)F)c5)C(=O)N(CC(F)(F)F)CC6)coc4c3)cn2)CC1. The maximum Gasteiger partial charge on any atom is 0.406 e. The van der Waals surface area contributed by atoms with Crippen LogP contribution in [0.2, 0.25) is 0 Å². The molecular weight excluding hydrogens is 547 g/mol. The van der Waals surface area contributed by atoms with E-state index in [9.17, 15) is 26.7 Å². The molecule has 0 radical (unpaired) electrons.